The summed E-state index contributed by atoms with van der Waals surface area (Å²) in [6.45, 7) is 0. The van der Waals surface area contributed by atoms with Crippen LogP contribution in [0.3, 0.4) is 0 Å². The molecule has 0 saturated carbocycles. The Morgan fingerprint density at radius 3 is 2.71 bits per heavy atom. The van der Waals surface area contributed by atoms with Gasteiger partial charge in [0.05, 0.1) is 9.40 Å². The van der Waals surface area contributed by atoms with Gasteiger partial charge in [-0.1, -0.05) is 54.6 Å². The van der Waals surface area contributed by atoms with Crippen LogP contribution in [0.2, 0.25) is 0 Å². The number of rotatable bonds is 0. The van der Waals surface area contributed by atoms with Crippen LogP contribution in [-0.2, 0) is 6.42 Å². The van der Waals surface area contributed by atoms with E-state index in [0.29, 0.717) is 0 Å². The van der Waals surface area contributed by atoms with Crippen LogP contribution >= 0.6 is 22.7 Å². The third-order valence-electron chi connectivity index (χ3n) is 5.14. The molecule has 0 unspecified atom stereocenters. The first kappa shape index (κ1) is 13.2. The maximum absolute atomic E-state index is 2.34. The monoisotopic (exact) mass is 342 g/mol. The van der Waals surface area contributed by atoms with E-state index in [1.165, 1.54) is 64.3 Å². The fourth-order valence-electron chi connectivity index (χ4n) is 3.99. The Balaban J connectivity index is 1.85. The molecule has 0 nitrogen and oxygen atoms in total. The maximum Gasteiger partial charge on any atom is 0.0548 e. The summed E-state index contributed by atoms with van der Waals surface area (Å²) >= 11 is 3.93. The average molecular weight is 342 g/mol. The van der Waals surface area contributed by atoms with Gasteiger partial charge in [0.15, 0.2) is 0 Å². The minimum absolute atomic E-state index is 1.17. The quantitative estimate of drug-likeness (QED) is 0.275. The van der Waals surface area contributed by atoms with Crippen LogP contribution in [0, 0.1) is 0 Å². The standard InChI is InChI=1S/C22H14S2/c1-3-7-15-13(5-1)10-12-18-19(15)22-21(23-18)17-11-9-14-6-2-4-8-16(14)20(17)24-22/h2-4,6-12H,1,5H2. The van der Waals surface area contributed by atoms with Crippen molar-refractivity contribution < 1.29 is 0 Å². The predicted molar refractivity (Wildman–Crippen MR) is 110 cm³/mol. The molecule has 0 atom stereocenters. The summed E-state index contributed by atoms with van der Waals surface area (Å²) in [5, 5.41) is 5.62. The zero-order chi connectivity index (χ0) is 15.7. The average Bonchev–Trinajstić information content (AvgIpc) is 3.17. The first-order valence-electron chi connectivity index (χ1n) is 8.35. The van der Waals surface area contributed by atoms with E-state index in [-0.39, 0.29) is 0 Å². The molecule has 0 bridgehead atoms. The van der Waals surface area contributed by atoms with Gasteiger partial charge in [-0.3, -0.25) is 0 Å². The van der Waals surface area contributed by atoms with Crippen LogP contribution in [-0.4, -0.2) is 0 Å². The van der Waals surface area contributed by atoms with E-state index in [4.69, 9.17) is 0 Å². The van der Waals surface area contributed by atoms with Gasteiger partial charge in [-0.2, -0.15) is 0 Å². The first-order chi connectivity index (χ1) is 11.9. The molecule has 2 aromatic heterocycles. The number of aryl methyl sites for hydroxylation is 1. The Labute approximate surface area is 147 Å². The summed E-state index contributed by atoms with van der Waals surface area (Å²) in [6.07, 6.45) is 7.01. The number of hydrogen-bond donors (Lipinski definition) is 0. The van der Waals surface area contributed by atoms with Crippen LogP contribution in [0.5, 0.6) is 0 Å². The van der Waals surface area contributed by atoms with Crippen molar-refractivity contribution in [2.45, 2.75) is 12.8 Å². The molecule has 6 rings (SSSR count). The van der Waals surface area contributed by atoms with Crippen LogP contribution < -0.4 is 0 Å². The van der Waals surface area contributed by atoms with Gasteiger partial charge in [0.25, 0.3) is 0 Å². The fraction of sp³-hybridized carbons (Fsp3) is 0.0909. The molecule has 0 amide bonds. The normalized spacial score (nSPS) is 14.2. The van der Waals surface area contributed by atoms with E-state index in [2.05, 4.69) is 60.7 Å². The Morgan fingerprint density at radius 1 is 0.750 bits per heavy atom. The molecule has 0 radical (unpaired) electrons. The lowest BCUT2D eigenvalue weighted by atomic mass is 9.95. The minimum atomic E-state index is 1.17. The summed E-state index contributed by atoms with van der Waals surface area (Å²) in [5.41, 5.74) is 2.97. The van der Waals surface area contributed by atoms with Crippen LogP contribution in [0.25, 0.3) is 46.4 Å². The topological polar surface area (TPSA) is 0 Å². The molecule has 0 N–H and O–H groups in total. The molecular formula is C22H14S2. The van der Waals surface area contributed by atoms with Crippen molar-refractivity contribution in [1.82, 2.24) is 0 Å². The van der Waals surface area contributed by atoms with Crippen molar-refractivity contribution in [1.29, 1.82) is 0 Å². The number of benzene rings is 3. The SMILES string of the molecule is C1=Cc2c(ccc3sc4c5ccc6ccccc6c5sc4c23)CC1. The highest BCUT2D eigenvalue weighted by atomic mass is 32.1. The Hall–Kier alpha value is -2.16. The first-order valence-corrected chi connectivity index (χ1v) is 9.98. The van der Waals surface area contributed by atoms with E-state index in [0.717, 1.165) is 0 Å². The summed E-state index contributed by atoms with van der Waals surface area (Å²) in [6, 6.07) is 18.0. The molecule has 114 valence electrons. The number of hydrogen-bond acceptors (Lipinski definition) is 2. The third kappa shape index (κ3) is 1.62. The molecule has 3 aromatic carbocycles. The Bertz CT molecular complexity index is 1300. The van der Waals surface area contributed by atoms with Crippen LogP contribution in [0.15, 0.2) is 54.6 Å². The summed E-state index contributed by atoms with van der Waals surface area (Å²) in [5.74, 6) is 0. The van der Waals surface area contributed by atoms with Gasteiger partial charge >= 0.3 is 0 Å². The summed E-state index contributed by atoms with van der Waals surface area (Å²) in [7, 11) is 0. The molecule has 5 aromatic rings. The highest BCUT2D eigenvalue weighted by molar-refractivity contribution is 7.37. The highest BCUT2D eigenvalue weighted by Gasteiger charge is 2.18. The maximum atomic E-state index is 2.34. The molecule has 0 spiro atoms. The highest BCUT2D eigenvalue weighted by Crippen LogP contribution is 2.48. The van der Waals surface area contributed by atoms with Crippen molar-refractivity contribution in [2.24, 2.45) is 0 Å². The molecule has 1 aliphatic carbocycles. The van der Waals surface area contributed by atoms with Crippen molar-refractivity contribution in [2.75, 3.05) is 0 Å². The second-order valence-electron chi connectivity index (χ2n) is 6.48. The largest absolute Gasteiger partial charge is 0.134 e. The lowest BCUT2D eigenvalue weighted by molar-refractivity contribution is 0.990. The second-order valence-corrected chi connectivity index (χ2v) is 8.55. The van der Waals surface area contributed by atoms with E-state index < -0.39 is 0 Å². The summed E-state index contributed by atoms with van der Waals surface area (Å²) in [4.78, 5) is 0. The van der Waals surface area contributed by atoms with E-state index in [1.54, 1.807) is 0 Å². The second kappa shape index (κ2) is 4.69. The molecule has 1 aliphatic rings. The van der Waals surface area contributed by atoms with Gasteiger partial charge in [-0.05, 0) is 40.8 Å². The Morgan fingerprint density at radius 2 is 1.71 bits per heavy atom. The number of thiophene rings is 2. The lowest BCUT2D eigenvalue weighted by Crippen LogP contribution is -1.93. The van der Waals surface area contributed by atoms with Gasteiger partial charge in [-0.15, -0.1) is 22.7 Å². The zero-order valence-corrected chi connectivity index (χ0v) is 14.6. The van der Waals surface area contributed by atoms with Crippen molar-refractivity contribution in [3.8, 4) is 0 Å². The zero-order valence-electron chi connectivity index (χ0n) is 13.0. The van der Waals surface area contributed by atoms with Gasteiger partial charge in [0, 0.05) is 20.2 Å². The van der Waals surface area contributed by atoms with Crippen molar-refractivity contribution >= 4 is 69.1 Å². The van der Waals surface area contributed by atoms with Gasteiger partial charge in [0.1, 0.15) is 0 Å². The molecular weight excluding hydrogens is 328 g/mol. The molecule has 24 heavy (non-hydrogen) atoms. The smallest absolute Gasteiger partial charge is 0.0548 e. The fourth-order valence-corrected chi connectivity index (χ4v) is 6.82. The number of fused-ring (bicyclic) bond motifs is 9. The molecule has 2 heterocycles. The van der Waals surface area contributed by atoms with Crippen LogP contribution in [0.1, 0.15) is 17.5 Å². The lowest BCUT2D eigenvalue weighted by Gasteiger charge is -2.11. The van der Waals surface area contributed by atoms with Crippen LogP contribution in [0.4, 0.5) is 0 Å². The Kier molecular flexibility index (Phi) is 2.57. The third-order valence-corrected chi connectivity index (χ3v) is 7.71. The number of allylic oxidation sites excluding steroid dienone is 1. The van der Waals surface area contributed by atoms with Crippen molar-refractivity contribution in [3.05, 3.63) is 65.7 Å². The van der Waals surface area contributed by atoms with E-state index >= 15 is 0 Å². The molecule has 0 fully saturated rings. The van der Waals surface area contributed by atoms with Crippen molar-refractivity contribution in [3.63, 3.8) is 0 Å². The van der Waals surface area contributed by atoms with Gasteiger partial charge in [-0.25, -0.2) is 0 Å². The predicted octanol–water partition coefficient (Wildman–Crippen LogP) is 7.38. The summed E-state index contributed by atoms with van der Waals surface area (Å²) < 4.78 is 5.80. The van der Waals surface area contributed by atoms with Gasteiger partial charge < -0.3 is 0 Å². The minimum Gasteiger partial charge on any atom is -0.134 e. The molecule has 0 saturated heterocycles. The van der Waals surface area contributed by atoms with E-state index in [9.17, 15) is 0 Å². The molecule has 2 heteroatoms. The van der Waals surface area contributed by atoms with Gasteiger partial charge in [0.2, 0.25) is 0 Å². The molecule has 0 aliphatic heterocycles. The van der Waals surface area contributed by atoms with E-state index in [1.807, 2.05) is 22.7 Å².